The monoisotopic (exact) mass is 310 g/mol. The van der Waals surface area contributed by atoms with Gasteiger partial charge in [-0.2, -0.15) is 0 Å². The molecule has 5 nitrogen and oxygen atoms in total. The van der Waals surface area contributed by atoms with E-state index in [0.29, 0.717) is 24.7 Å². The highest BCUT2D eigenvalue weighted by Crippen LogP contribution is 2.31. The maximum Gasteiger partial charge on any atom is 0.272 e. The Labute approximate surface area is 137 Å². The molecule has 0 saturated heterocycles. The number of anilines is 2. The Morgan fingerprint density at radius 3 is 2.78 bits per heavy atom. The van der Waals surface area contributed by atoms with Crippen molar-refractivity contribution in [2.45, 2.75) is 26.7 Å². The SMILES string of the molecule is CCN(CC)C(=O)c1ccnc(N2CCCc3ccccc32)n1. The molecule has 0 aliphatic carbocycles. The van der Waals surface area contributed by atoms with Crippen LogP contribution in [0.25, 0.3) is 0 Å². The molecule has 0 spiro atoms. The number of nitrogens with zero attached hydrogens (tertiary/aromatic N) is 4. The molecule has 0 saturated carbocycles. The first-order valence-electron chi connectivity index (χ1n) is 8.22. The predicted octanol–water partition coefficient (Wildman–Crippen LogP) is 3.04. The topological polar surface area (TPSA) is 49.3 Å². The highest BCUT2D eigenvalue weighted by Gasteiger charge is 2.21. The molecule has 0 bridgehead atoms. The number of para-hydroxylation sites is 1. The molecule has 1 amide bonds. The Morgan fingerprint density at radius 2 is 2.00 bits per heavy atom. The van der Waals surface area contributed by atoms with E-state index >= 15 is 0 Å². The third-order valence-corrected chi connectivity index (χ3v) is 4.26. The molecule has 0 unspecified atom stereocenters. The summed E-state index contributed by atoms with van der Waals surface area (Å²) in [5.74, 6) is 0.569. The maximum atomic E-state index is 12.5. The summed E-state index contributed by atoms with van der Waals surface area (Å²) >= 11 is 0. The van der Waals surface area contributed by atoms with Crippen LogP contribution in [-0.4, -0.2) is 40.4 Å². The number of carbonyl (C=O) groups excluding carboxylic acids is 1. The van der Waals surface area contributed by atoms with Crippen LogP contribution in [-0.2, 0) is 6.42 Å². The molecule has 0 N–H and O–H groups in total. The lowest BCUT2D eigenvalue weighted by Gasteiger charge is -2.29. The lowest BCUT2D eigenvalue weighted by molar-refractivity contribution is 0.0767. The average molecular weight is 310 g/mol. The lowest BCUT2D eigenvalue weighted by atomic mass is 10.0. The van der Waals surface area contributed by atoms with E-state index in [9.17, 15) is 4.79 Å². The predicted molar refractivity (Wildman–Crippen MR) is 91.1 cm³/mol. The summed E-state index contributed by atoms with van der Waals surface area (Å²) in [6.45, 7) is 6.19. The van der Waals surface area contributed by atoms with Gasteiger partial charge in [-0.25, -0.2) is 9.97 Å². The quantitative estimate of drug-likeness (QED) is 0.871. The van der Waals surface area contributed by atoms with E-state index in [0.717, 1.165) is 25.1 Å². The van der Waals surface area contributed by atoms with Gasteiger partial charge in [0, 0.05) is 31.5 Å². The van der Waals surface area contributed by atoms with Crippen molar-refractivity contribution in [2.75, 3.05) is 24.5 Å². The van der Waals surface area contributed by atoms with Crippen LogP contribution in [0.5, 0.6) is 0 Å². The lowest BCUT2D eigenvalue weighted by Crippen LogP contribution is -2.32. The van der Waals surface area contributed by atoms with Gasteiger partial charge in [0.1, 0.15) is 5.69 Å². The van der Waals surface area contributed by atoms with E-state index in [-0.39, 0.29) is 5.91 Å². The average Bonchev–Trinajstić information content (AvgIpc) is 2.62. The maximum absolute atomic E-state index is 12.5. The van der Waals surface area contributed by atoms with Gasteiger partial charge in [0.15, 0.2) is 0 Å². The normalized spacial score (nSPS) is 13.6. The number of fused-ring (bicyclic) bond motifs is 1. The van der Waals surface area contributed by atoms with Crippen molar-refractivity contribution < 1.29 is 4.79 Å². The van der Waals surface area contributed by atoms with E-state index in [1.54, 1.807) is 17.2 Å². The number of hydrogen-bond donors (Lipinski definition) is 0. The van der Waals surface area contributed by atoms with Crippen molar-refractivity contribution in [1.29, 1.82) is 0 Å². The van der Waals surface area contributed by atoms with E-state index < -0.39 is 0 Å². The molecular formula is C18H22N4O. The van der Waals surface area contributed by atoms with Gasteiger partial charge in [0.25, 0.3) is 5.91 Å². The molecule has 3 rings (SSSR count). The fourth-order valence-corrected chi connectivity index (χ4v) is 3.01. The zero-order chi connectivity index (χ0) is 16.2. The number of amides is 1. The highest BCUT2D eigenvalue weighted by molar-refractivity contribution is 5.92. The summed E-state index contributed by atoms with van der Waals surface area (Å²) in [7, 11) is 0. The summed E-state index contributed by atoms with van der Waals surface area (Å²) in [4.78, 5) is 25.3. The third-order valence-electron chi connectivity index (χ3n) is 4.26. The molecule has 0 fully saturated rings. The standard InChI is InChI=1S/C18H22N4O/c1-3-21(4-2)17(23)15-11-12-19-18(20-15)22-13-7-9-14-8-5-6-10-16(14)22/h5-6,8,10-12H,3-4,7,9,13H2,1-2H3. The van der Waals surface area contributed by atoms with Gasteiger partial charge in [0.05, 0.1) is 0 Å². The number of aryl methyl sites for hydroxylation is 1. The van der Waals surface area contributed by atoms with E-state index in [4.69, 9.17) is 0 Å². The second-order valence-electron chi connectivity index (χ2n) is 5.60. The molecule has 2 heterocycles. The molecule has 1 aromatic carbocycles. The number of carbonyl (C=O) groups is 1. The van der Waals surface area contributed by atoms with Crippen molar-refractivity contribution in [3.05, 3.63) is 47.8 Å². The highest BCUT2D eigenvalue weighted by atomic mass is 16.2. The van der Waals surface area contributed by atoms with Gasteiger partial charge < -0.3 is 9.80 Å². The summed E-state index contributed by atoms with van der Waals surface area (Å²) in [5.41, 5.74) is 2.91. The molecule has 2 aromatic rings. The number of rotatable bonds is 4. The van der Waals surface area contributed by atoms with E-state index in [1.165, 1.54) is 5.56 Å². The van der Waals surface area contributed by atoms with Crippen LogP contribution in [0.2, 0.25) is 0 Å². The Balaban J connectivity index is 1.94. The minimum atomic E-state index is -0.0380. The first-order valence-corrected chi connectivity index (χ1v) is 8.22. The summed E-state index contributed by atoms with van der Waals surface area (Å²) in [6.07, 6.45) is 3.82. The van der Waals surface area contributed by atoms with E-state index in [1.807, 2.05) is 19.9 Å². The molecule has 5 heteroatoms. The summed E-state index contributed by atoms with van der Waals surface area (Å²) in [5, 5.41) is 0. The zero-order valence-corrected chi connectivity index (χ0v) is 13.7. The molecule has 1 aromatic heterocycles. The van der Waals surface area contributed by atoms with Crippen LogP contribution in [0, 0.1) is 0 Å². The summed E-state index contributed by atoms with van der Waals surface area (Å²) < 4.78 is 0. The minimum absolute atomic E-state index is 0.0380. The Morgan fingerprint density at radius 1 is 1.22 bits per heavy atom. The molecule has 0 radical (unpaired) electrons. The largest absolute Gasteiger partial charge is 0.338 e. The molecule has 0 atom stereocenters. The molecule has 1 aliphatic rings. The third kappa shape index (κ3) is 3.04. The first kappa shape index (κ1) is 15.5. The van der Waals surface area contributed by atoms with Crippen molar-refractivity contribution in [1.82, 2.24) is 14.9 Å². The summed E-state index contributed by atoms with van der Waals surface area (Å²) in [6, 6.07) is 10.0. The molecule has 120 valence electrons. The van der Waals surface area contributed by atoms with E-state index in [2.05, 4.69) is 33.1 Å². The Kier molecular flexibility index (Phi) is 4.55. The number of benzene rings is 1. The van der Waals surface area contributed by atoms with Crippen LogP contribution in [0.1, 0.15) is 36.3 Å². The Bertz CT molecular complexity index is 697. The van der Waals surface area contributed by atoms with Gasteiger partial charge in [-0.15, -0.1) is 0 Å². The molecule has 23 heavy (non-hydrogen) atoms. The van der Waals surface area contributed by atoms with Gasteiger partial charge in [0.2, 0.25) is 5.95 Å². The van der Waals surface area contributed by atoms with Gasteiger partial charge >= 0.3 is 0 Å². The Hall–Kier alpha value is -2.43. The molecule has 1 aliphatic heterocycles. The number of hydrogen-bond acceptors (Lipinski definition) is 4. The smallest absolute Gasteiger partial charge is 0.272 e. The van der Waals surface area contributed by atoms with Crippen molar-refractivity contribution in [3.8, 4) is 0 Å². The fraction of sp³-hybridized carbons (Fsp3) is 0.389. The molecular weight excluding hydrogens is 288 g/mol. The van der Waals surface area contributed by atoms with Crippen LogP contribution in [0.4, 0.5) is 11.6 Å². The van der Waals surface area contributed by atoms with Gasteiger partial charge in [-0.1, -0.05) is 18.2 Å². The first-order chi connectivity index (χ1) is 11.2. The fourth-order valence-electron chi connectivity index (χ4n) is 3.01. The number of aromatic nitrogens is 2. The van der Waals surface area contributed by atoms with Crippen LogP contribution < -0.4 is 4.90 Å². The van der Waals surface area contributed by atoms with Crippen LogP contribution >= 0.6 is 0 Å². The second-order valence-corrected chi connectivity index (χ2v) is 5.60. The van der Waals surface area contributed by atoms with Gasteiger partial charge in [-0.3, -0.25) is 4.79 Å². The minimum Gasteiger partial charge on any atom is -0.338 e. The van der Waals surface area contributed by atoms with Crippen LogP contribution in [0.3, 0.4) is 0 Å². The second kappa shape index (κ2) is 6.77. The van der Waals surface area contributed by atoms with Crippen molar-refractivity contribution in [2.24, 2.45) is 0 Å². The van der Waals surface area contributed by atoms with Crippen molar-refractivity contribution in [3.63, 3.8) is 0 Å². The van der Waals surface area contributed by atoms with Gasteiger partial charge in [-0.05, 0) is 44.4 Å². The zero-order valence-electron chi connectivity index (χ0n) is 13.7. The van der Waals surface area contributed by atoms with Crippen LogP contribution in [0.15, 0.2) is 36.5 Å². The van der Waals surface area contributed by atoms with Crippen molar-refractivity contribution >= 4 is 17.5 Å².